The Hall–Kier alpha value is -2.83. The van der Waals surface area contributed by atoms with Crippen molar-refractivity contribution in [1.29, 1.82) is 0 Å². The minimum Gasteiger partial charge on any atom is -0.508 e. The number of phenols is 1. The van der Waals surface area contributed by atoms with E-state index in [1.807, 2.05) is 17.0 Å². The normalized spacial score (nSPS) is 14.9. The zero-order valence-corrected chi connectivity index (χ0v) is 11.9. The average Bonchev–Trinajstić information content (AvgIpc) is 2.56. The Kier molecular flexibility index (Phi) is 3.78. The van der Waals surface area contributed by atoms with Crippen LogP contribution in [0.1, 0.15) is 10.4 Å². The number of aromatic hydroxyl groups is 1. The van der Waals surface area contributed by atoms with E-state index in [4.69, 9.17) is 5.11 Å². The molecule has 0 saturated carbocycles. The molecule has 1 aromatic carbocycles. The Balaban J connectivity index is 1.63. The van der Waals surface area contributed by atoms with Gasteiger partial charge in [0.15, 0.2) is 0 Å². The maximum Gasteiger partial charge on any atom is 0.338 e. The minimum absolute atomic E-state index is 0.0893. The number of piperazine rings is 1. The van der Waals surface area contributed by atoms with Crippen LogP contribution < -0.4 is 9.80 Å². The van der Waals surface area contributed by atoms with Gasteiger partial charge < -0.3 is 20.0 Å². The third-order valence-electron chi connectivity index (χ3n) is 3.66. The van der Waals surface area contributed by atoms with Gasteiger partial charge in [-0.25, -0.2) is 14.8 Å². The Morgan fingerprint density at radius 1 is 0.955 bits per heavy atom. The molecule has 1 fully saturated rings. The number of benzene rings is 1. The summed E-state index contributed by atoms with van der Waals surface area (Å²) in [4.78, 5) is 23.3. The monoisotopic (exact) mass is 300 g/mol. The van der Waals surface area contributed by atoms with Crippen molar-refractivity contribution in [2.75, 3.05) is 36.0 Å². The number of hydrogen-bond acceptors (Lipinski definition) is 6. The van der Waals surface area contributed by atoms with Crippen molar-refractivity contribution in [1.82, 2.24) is 9.97 Å². The van der Waals surface area contributed by atoms with Gasteiger partial charge in [0.25, 0.3) is 0 Å². The summed E-state index contributed by atoms with van der Waals surface area (Å²) >= 11 is 0. The maximum absolute atomic E-state index is 10.8. The number of anilines is 2. The minimum atomic E-state index is -1.02. The molecular weight excluding hydrogens is 284 g/mol. The van der Waals surface area contributed by atoms with E-state index in [1.165, 1.54) is 12.4 Å². The number of phenolic OH excluding ortho intramolecular Hbond substituents is 1. The molecule has 7 heteroatoms. The third kappa shape index (κ3) is 2.93. The summed E-state index contributed by atoms with van der Waals surface area (Å²) < 4.78 is 0. The predicted octanol–water partition coefficient (Wildman–Crippen LogP) is 1.21. The van der Waals surface area contributed by atoms with E-state index in [0.29, 0.717) is 5.95 Å². The largest absolute Gasteiger partial charge is 0.508 e. The lowest BCUT2D eigenvalue weighted by molar-refractivity contribution is 0.0696. The second-order valence-corrected chi connectivity index (χ2v) is 5.07. The van der Waals surface area contributed by atoms with Crippen LogP contribution >= 0.6 is 0 Å². The van der Waals surface area contributed by atoms with Crippen LogP contribution in [0.3, 0.4) is 0 Å². The Morgan fingerprint density at radius 3 is 2.05 bits per heavy atom. The van der Waals surface area contributed by atoms with Crippen molar-refractivity contribution in [3.63, 3.8) is 0 Å². The number of aromatic carboxylic acids is 1. The first kappa shape index (κ1) is 14.1. The molecule has 7 nitrogen and oxygen atoms in total. The second-order valence-electron chi connectivity index (χ2n) is 5.07. The van der Waals surface area contributed by atoms with Crippen LogP contribution in [0.4, 0.5) is 11.6 Å². The van der Waals surface area contributed by atoms with Crippen LogP contribution in [0.5, 0.6) is 5.75 Å². The topological polar surface area (TPSA) is 89.8 Å². The smallest absolute Gasteiger partial charge is 0.338 e. The molecule has 0 spiro atoms. The van der Waals surface area contributed by atoms with Crippen LogP contribution in [0.25, 0.3) is 0 Å². The van der Waals surface area contributed by atoms with Crippen LogP contribution in [0.15, 0.2) is 36.7 Å². The highest BCUT2D eigenvalue weighted by molar-refractivity contribution is 5.86. The molecule has 2 aromatic rings. The van der Waals surface area contributed by atoms with Crippen LogP contribution in [-0.2, 0) is 0 Å². The average molecular weight is 300 g/mol. The summed E-state index contributed by atoms with van der Waals surface area (Å²) in [6.45, 7) is 3.14. The number of aromatic nitrogens is 2. The zero-order valence-electron chi connectivity index (χ0n) is 11.9. The van der Waals surface area contributed by atoms with Crippen molar-refractivity contribution in [2.45, 2.75) is 0 Å². The fraction of sp³-hybridized carbons (Fsp3) is 0.267. The first-order valence-corrected chi connectivity index (χ1v) is 6.98. The summed E-state index contributed by atoms with van der Waals surface area (Å²) in [7, 11) is 0. The summed E-state index contributed by atoms with van der Waals surface area (Å²) in [5.41, 5.74) is 1.16. The standard InChI is InChI=1S/C15H16N4O3/c20-13-3-1-12(2-4-13)18-5-7-19(8-6-18)15-16-9-11(10-17-15)14(21)22/h1-4,9-10,20H,5-8H2,(H,21,22). The van der Waals surface area contributed by atoms with Crippen LogP contribution in [0, 0.1) is 0 Å². The highest BCUT2D eigenvalue weighted by Crippen LogP contribution is 2.20. The molecule has 0 atom stereocenters. The lowest BCUT2D eigenvalue weighted by Crippen LogP contribution is -2.47. The first-order chi connectivity index (χ1) is 10.6. The summed E-state index contributed by atoms with van der Waals surface area (Å²) in [6, 6.07) is 7.14. The molecule has 2 N–H and O–H groups in total. The van der Waals surface area contributed by atoms with E-state index < -0.39 is 5.97 Å². The molecule has 114 valence electrons. The molecule has 1 aliphatic heterocycles. The van der Waals surface area contributed by atoms with Gasteiger partial charge in [0.2, 0.25) is 5.95 Å². The number of hydrogen-bond donors (Lipinski definition) is 2. The second kappa shape index (κ2) is 5.88. The van der Waals surface area contributed by atoms with Gasteiger partial charge in [-0.1, -0.05) is 0 Å². The Morgan fingerprint density at radius 2 is 1.50 bits per heavy atom. The van der Waals surface area contributed by atoms with Gasteiger partial charge in [-0.15, -0.1) is 0 Å². The molecule has 0 aliphatic carbocycles. The maximum atomic E-state index is 10.8. The van der Waals surface area contributed by atoms with E-state index in [2.05, 4.69) is 14.9 Å². The SMILES string of the molecule is O=C(O)c1cnc(N2CCN(c3ccc(O)cc3)CC2)nc1. The van der Waals surface area contributed by atoms with Crippen LogP contribution in [-0.4, -0.2) is 52.3 Å². The molecule has 0 radical (unpaired) electrons. The van der Waals surface area contributed by atoms with Crippen molar-refractivity contribution < 1.29 is 15.0 Å². The number of rotatable bonds is 3. The molecule has 0 amide bonds. The van der Waals surface area contributed by atoms with Crippen molar-refractivity contribution in [3.8, 4) is 5.75 Å². The summed E-state index contributed by atoms with van der Waals surface area (Å²) in [5, 5.41) is 18.2. The number of carboxylic acids is 1. The molecule has 2 heterocycles. The lowest BCUT2D eigenvalue weighted by Gasteiger charge is -2.36. The van der Waals surface area contributed by atoms with E-state index in [1.54, 1.807) is 12.1 Å². The quantitative estimate of drug-likeness (QED) is 0.880. The zero-order chi connectivity index (χ0) is 15.5. The van der Waals surface area contributed by atoms with Gasteiger partial charge in [0.05, 0.1) is 5.56 Å². The Bertz CT molecular complexity index is 649. The molecule has 3 rings (SSSR count). The van der Waals surface area contributed by atoms with Crippen molar-refractivity contribution in [3.05, 3.63) is 42.2 Å². The van der Waals surface area contributed by atoms with E-state index in [9.17, 15) is 9.90 Å². The van der Waals surface area contributed by atoms with Crippen LogP contribution in [0.2, 0.25) is 0 Å². The Labute approximate surface area is 127 Å². The van der Waals surface area contributed by atoms with Crippen molar-refractivity contribution >= 4 is 17.6 Å². The molecule has 1 aromatic heterocycles. The summed E-state index contributed by atoms with van der Waals surface area (Å²) in [5.74, 6) is -0.214. The van der Waals surface area contributed by atoms with E-state index in [-0.39, 0.29) is 11.3 Å². The molecule has 1 saturated heterocycles. The van der Waals surface area contributed by atoms with Gasteiger partial charge in [0.1, 0.15) is 5.75 Å². The fourth-order valence-corrected chi connectivity index (χ4v) is 2.42. The molecule has 0 bridgehead atoms. The van der Waals surface area contributed by atoms with Gasteiger partial charge in [-0.2, -0.15) is 0 Å². The highest BCUT2D eigenvalue weighted by Gasteiger charge is 2.19. The number of carbonyl (C=O) groups is 1. The molecule has 22 heavy (non-hydrogen) atoms. The van der Waals surface area contributed by atoms with Gasteiger partial charge >= 0.3 is 5.97 Å². The van der Waals surface area contributed by atoms with Gasteiger partial charge in [-0.3, -0.25) is 0 Å². The van der Waals surface area contributed by atoms with E-state index >= 15 is 0 Å². The third-order valence-corrected chi connectivity index (χ3v) is 3.66. The fourth-order valence-electron chi connectivity index (χ4n) is 2.42. The number of nitrogens with zero attached hydrogens (tertiary/aromatic N) is 4. The number of carboxylic acid groups (broad SMARTS) is 1. The molecule has 1 aliphatic rings. The van der Waals surface area contributed by atoms with Crippen molar-refractivity contribution in [2.24, 2.45) is 0 Å². The molecular formula is C15H16N4O3. The first-order valence-electron chi connectivity index (χ1n) is 6.98. The van der Waals surface area contributed by atoms with Gasteiger partial charge in [0, 0.05) is 44.3 Å². The van der Waals surface area contributed by atoms with E-state index in [0.717, 1.165) is 31.9 Å². The highest BCUT2D eigenvalue weighted by atomic mass is 16.4. The van der Waals surface area contributed by atoms with Gasteiger partial charge in [-0.05, 0) is 24.3 Å². The predicted molar refractivity (Wildman–Crippen MR) is 81.5 cm³/mol. The summed E-state index contributed by atoms with van der Waals surface area (Å²) in [6.07, 6.45) is 2.66. The lowest BCUT2D eigenvalue weighted by atomic mass is 10.2. The molecule has 0 unspecified atom stereocenters.